The van der Waals surface area contributed by atoms with Crippen molar-refractivity contribution < 1.29 is 4.42 Å². The Labute approximate surface area is 102 Å². The van der Waals surface area contributed by atoms with Gasteiger partial charge in [0.2, 0.25) is 0 Å². The van der Waals surface area contributed by atoms with Crippen LogP contribution in [0, 0.1) is 11.8 Å². The van der Waals surface area contributed by atoms with E-state index in [9.17, 15) is 0 Å². The molecule has 17 heavy (non-hydrogen) atoms. The fraction of sp³-hybridized carbons (Fsp3) is 0.375. The van der Waals surface area contributed by atoms with Crippen LogP contribution in [0.15, 0.2) is 41.2 Å². The van der Waals surface area contributed by atoms with Crippen LogP contribution in [0.1, 0.15) is 25.0 Å². The van der Waals surface area contributed by atoms with Crippen LogP contribution in [0.4, 0.5) is 0 Å². The third kappa shape index (κ3) is 1.90. The van der Waals surface area contributed by atoms with Crippen LogP contribution in [0.5, 0.6) is 0 Å². The van der Waals surface area contributed by atoms with Crippen LogP contribution in [-0.4, -0.2) is 0 Å². The molecule has 1 atom stereocenters. The first-order chi connectivity index (χ1) is 8.24. The third-order valence-corrected chi connectivity index (χ3v) is 3.97. The molecular formula is C16H18O. The van der Waals surface area contributed by atoms with Gasteiger partial charge in [0.05, 0.1) is 12.5 Å². The van der Waals surface area contributed by atoms with Gasteiger partial charge in [-0.3, -0.25) is 0 Å². The fourth-order valence-electron chi connectivity index (χ4n) is 2.73. The molecule has 1 aromatic carbocycles. The minimum absolute atomic E-state index is 0.778. The number of benzene rings is 1. The summed E-state index contributed by atoms with van der Waals surface area (Å²) >= 11 is 0. The number of rotatable bonds is 2. The predicted octanol–water partition coefficient (Wildman–Crippen LogP) is 4.32. The van der Waals surface area contributed by atoms with E-state index in [0.717, 1.165) is 11.8 Å². The van der Waals surface area contributed by atoms with Gasteiger partial charge < -0.3 is 4.42 Å². The van der Waals surface area contributed by atoms with Crippen LogP contribution in [0.25, 0.3) is 11.1 Å². The highest BCUT2D eigenvalue weighted by atomic mass is 16.3. The van der Waals surface area contributed by atoms with Gasteiger partial charge >= 0.3 is 0 Å². The monoisotopic (exact) mass is 226 g/mol. The topological polar surface area (TPSA) is 13.1 Å². The van der Waals surface area contributed by atoms with Gasteiger partial charge in [-0.25, -0.2) is 0 Å². The Morgan fingerprint density at radius 2 is 1.88 bits per heavy atom. The van der Waals surface area contributed by atoms with E-state index in [-0.39, 0.29) is 0 Å². The summed E-state index contributed by atoms with van der Waals surface area (Å²) in [5, 5.41) is 0. The molecule has 0 saturated heterocycles. The molecule has 0 N–H and O–H groups in total. The second kappa shape index (κ2) is 4.06. The number of hydrogen-bond donors (Lipinski definition) is 0. The van der Waals surface area contributed by atoms with Crippen molar-refractivity contribution in [2.24, 2.45) is 11.8 Å². The molecule has 0 aliphatic heterocycles. The number of fused-ring (bicyclic) bond motifs is 1. The zero-order chi connectivity index (χ0) is 11.8. The van der Waals surface area contributed by atoms with Crippen LogP contribution < -0.4 is 0 Å². The summed E-state index contributed by atoms with van der Waals surface area (Å²) in [6.45, 7) is 4.65. The van der Waals surface area contributed by atoms with Gasteiger partial charge in [-0.05, 0) is 47.4 Å². The molecule has 0 bridgehead atoms. The van der Waals surface area contributed by atoms with Crippen LogP contribution in [0.3, 0.4) is 0 Å². The average molecular weight is 226 g/mol. The lowest BCUT2D eigenvalue weighted by atomic mass is 9.93. The highest BCUT2D eigenvalue weighted by Gasteiger charge is 2.24. The SMILES string of the molecule is CC(C)C1Cc2ccc(-c3ccoc3)cc2C1. The van der Waals surface area contributed by atoms with E-state index in [1.165, 1.54) is 35.1 Å². The second-order valence-electron chi connectivity index (χ2n) is 5.41. The van der Waals surface area contributed by atoms with Gasteiger partial charge in [-0.2, -0.15) is 0 Å². The Morgan fingerprint density at radius 1 is 1.06 bits per heavy atom. The van der Waals surface area contributed by atoms with Crippen molar-refractivity contribution in [3.8, 4) is 11.1 Å². The molecule has 1 unspecified atom stereocenters. The van der Waals surface area contributed by atoms with Crippen molar-refractivity contribution in [3.63, 3.8) is 0 Å². The van der Waals surface area contributed by atoms with Crippen molar-refractivity contribution in [2.75, 3.05) is 0 Å². The van der Waals surface area contributed by atoms with Crippen molar-refractivity contribution in [1.82, 2.24) is 0 Å². The van der Waals surface area contributed by atoms with Gasteiger partial charge in [0.15, 0.2) is 0 Å². The summed E-state index contributed by atoms with van der Waals surface area (Å²) in [6.07, 6.45) is 6.04. The van der Waals surface area contributed by atoms with E-state index in [1.807, 2.05) is 12.3 Å². The first kappa shape index (κ1) is 10.6. The maximum Gasteiger partial charge on any atom is 0.0980 e. The largest absolute Gasteiger partial charge is 0.472 e. The van der Waals surface area contributed by atoms with Crippen molar-refractivity contribution >= 4 is 0 Å². The molecule has 0 fully saturated rings. The van der Waals surface area contributed by atoms with E-state index < -0.39 is 0 Å². The maximum atomic E-state index is 5.15. The van der Waals surface area contributed by atoms with Crippen molar-refractivity contribution in [3.05, 3.63) is 47.9 Å². The molecule has 1 aliphatic carbocycles. The van der Waals surface area contributed by atoms with Crippen molar-refractivity contribution in [2.45, 2.75) is 26.7 Å². The Morgan fingerprint density at radius 3 is 2.59 bits per heavy atom. The highest BCUT2D eigenvalue weighted by molar-refractivity contribution is 5.64. The molecule has 1 heterocycles. The van der Waals surface area contributed by atoms with Gasteiger partial charge in [-0.1, -0.05) is 32.0 Å². The Hall–Kier alpha value is -1.50. The normalized spacial score (nSPS) is 18.6. The van der Waals surface area contributed by atoms with E-state index >= 15 is 0 Å². The summed E-state index contributed by atoms with van der Waals surface area (Å²) in [5.41, 5.74) is 5.53. The molecule has 1 aliphatic rings. The molecule has 0 radical (unpaired) electrons. The van der Waals surface area contributed by atoms with Gasteiger partial charge in [0.25, 0.3) is 0 Å². The number of hydrogen-bond acceptors (Lipinski definition) is 1. The maximum absolute atomic E-state index is 5.15. The van der Waals surface area contributed by atoms with Crippen LogP contribution in [0.2, 0.25) is 0 Å². The molecule has 88 valence electrons. The predicted molar refractivity (Wildman–Crippen MR) is 69.9 cm³/mol. The summed E-state index contributed by atoms with van der Waals surface area (Å²) < 4.78 is 5.15. The first-order valence-electron chi connectivity index (χ1n) is 6.38. The molecule has 0 amide bonds. The van der Waals surface area contributed by atoms with E-state index in [0.29, 0.717) is 0 Å². The minimum atomic E-state index is 0.778. The molecule has 1 aromatic heterocycles. The highest BCUT2D eigenvalue weighted by Crippen LogP contribution is 2.34. The van der Waals surface area contributed by atoms with Crippen LogP contribution >= 0.6 is 0 Å². The van der Waals surface area contributed by atoms with Crippen LogP contribution in [-0.2, 0) is 12.8 Å². The zero-order valence-corrected chi connectivity index (χ0v) is 10.4. The fourth-order valence-corrected chi connectivity index (χ4v) is 2.73. The molecule has 2 aromatic rings. The first-order valence-corrected chi connectivity index (χ1v) is 6.38. The average Bonchev–Trinajstić information content (AvgIpc) is 2.97. The summed E-state index contributed by atoms with van der Waals surface area (Å²) in [4.78, 5) is 0. The molecule has 1 heteroatoms. The standard InChI is InChI=1S/C16H18O/c1-11(2)15-7-13-4-3-12(8-16(13)9-15)14-5-6-17-10-14/h3-6,8,10-11,15H,7,9H2,1-2H3. The third-order valence-electron chi connectivity index (χ3n) is 3.97. The Kier molecular flexibility index (Phi) is 2.54. The number of furan rings is 1. The van der Waals surface area contributed by atoms with E-state index in [4.69, 9.17) is 4.42 Å². The minimum Gasteiger partial charge on any atom is -0.472 e. The summed E-state index contributed by atoms with van der Waals surface area (Å²) in [7, 11) is 0. The molecule has 3 rings (SSSR count). The zero-order valence-electron chi connectivity index (χ0n) is 10.4. The second-order valence-corrected chi connectivity index (χ2v) is 5.41. The van der Waals surface area contributed by atoms with Gasteiger partial charge in [0.1, 0.15) is 0 Å². The lowest BCUT2D eigenvalue weighted by molar-refractivity contribution is 0.404. The van der Waals surface area contributed by atoms with Gasteiger partial charge in [-0.15, -0.1) is 0 Å². The molecule has 0 spiro atoms. The lowest BCUT2D eigenvalue weighted by Gasteiger charge is -2.12. The molecular weight excluding hydrogens is 208 g/mol. The summed E-state index contributed by atoms with van der Waals surface area (Å²) in [6, 6.07) is 8.87. The van der Waals surface area contributed by atoms with Gasteiger partial charge in [0, 0.05) is 5.56 Å². The van der Waals surface area contributed by atoms with Crippen molar-refractivity contribution in [1.29, 1.82) is 0 Å². The smallest absolute Gasteiger partial charge is 0.0980 e. The Bertz CT molecular complexity index is 508. The molecule has 1 nitrogen and oxygen atoms in total. The quantitative estimate of drug-likeness (QED) is 0.743. The van der Waals surface area contributed by atoms with E-state index in [2.05, 4.69) is 32.0 Å². The summed E-state index contributed by atoms with van der Waals surface area (Å²) in [5.74, 6) is 1.60. The molecule has 0 saturated carbocycles. The van der Waals surface area contributed by atoms with E-state index in [1.54, 1.807) is 6.26 Å². The lowest BCUT2D eigenvalue weighted by Crippen LogP contribution is -2.07. The Balaban J connectivity index is 1.93.